The average Bonchev–Trinajstić information content (AvgIpc) is 2.56. The summed E-state index contributed by atoms with van der Waals surface area (Å²) in [5.41, 5.74) is 2.36. The summed E-state index contributed by atoms with van der Waals surface area (Å²) >= 11 is 0. The first-order valence-corrected chi connectivity index (χ1v) is 7.28. The number of hydrogen-bond acceptors (Lipinski definition) is 3. The Balaban J connectivity index is 2.30. The van der Waals surface area contributed by atoms with Crippen LogP contribution in [0.25, 0.3) is 0 Å². The summed E-state index contributed by atoms with van der Waals surface area (Å²) in [6, 6.07) is 18.5. The molecule has 0 spiro atoms. The average molecular weight is 285 g/mol. The van der Waals surface area contributed by atoms with Crippen molar-refractivity contribution in [2.45, 2.75) is 19.1 Å². The van der Waals surface area contributed by atoms with E-state index in [1.54, 1.807) is 7.11 Å². The molecule has 2 aromatic carbocycles. The van der Waals surface area contributed by atoms with E-state index in [4.69, 9.17) is 9.47 Å². The molecule has 2 atom stereocenters. The summed E-state index contributed by atoms with van der Waals surface area (Å²) in [5.74, 6) is 0.862. The van der Waals surface area contributed by atoms with Gasteiger partial charge in [0.15, 0.2) is 0 Å². The van der Waals surface area contributed by atoms with Gasteiger partial charge in [-0.25, -0.2) is 0 Å². The largest absolute Gasteiger partial charge is 0.497 e. The van der Waals surface area contributed by atoms with Crippen LogP contribution in [-0.2, 0) is 4.74 Å². The number of rotatable bonds is 7. The van der Waals surface area contributed by atoms with Crippen molar-refractivity contribution < 1.29 is 9.47 Å². The normalized spacial score (nSPS) is 13.7. The quantitative estimate of drug-likeness (QED) is 0.840. The maximum absolute atomic E-state index is 6.00. The van der Waals surface area contributed by atoms with Crippen molar-refractivity contribution in [3.63, 3.8) is 0 Å². The van der Waals surface area contributed by atoms with Gasteiger partial charge in [0, 0.05) is 6.61 Å². The highest BCUT2D eigenvalue weighted by Crippen LogP contribution is 2.32. The number of benzene rings is 2. The first-order chi connectivity index (χ1) is 10.3. The summed E-state index contributed by atoms with van der Waals surface area (Å²) in [6.07, 6.45) is -0.0189. The van der Waals surface area contributed by atoms with Crippen LogP contribution in [0.4, 0.5) is 0 Å². The van der Waals surface area contributed by atoms with Gasteiger partial charge in [-0.1, -0.05) is 42.5 Å². The SMILES string of the molecule is CCOC(c1ccccc1)C(NC)c1ccc(OC)cc1. The number of hydrogen-bond donors (Lipinski definition) is 1. The van der Waals surface area contributed by atoms with E-state index in [0.717, 1.165) is 5.75 Å². The van der Waals surface area contributed by atoms with Crippen LogP contribution in [0.3, 0.4) is 0 Å². The van der Waals surface area contributed by atoms with Crippen LogP contribution in [0.1, 0.15) is 30.2 Å². The predicted octanol–water partition coefficient (Wildman–Crippen LogP) is 3.73. The van der Waals surface area contributed by atoms with Crippen molar-refractivity contribution in [3.8, 4) is 5.75 Å². The molecule has 0 saturated carbocycles. The highest BCUT2D eigenvalue weighted by atomic mass is 16.5. The summed E-state index contributed by atoms with van der Waals surface area (Å²) in [5, 5.41) is 3.37. The first kappa shape index (κ1) is 15.5. The second kappa shape index (κ2) is 7.81. The lowest BCUT2D eigenvalue weighted by atomic mass is 9.95. The molecule has 0 aromatic heterocycles. The van der Waals surface area contributed by atoms with Crippen molar-refractivity contribution in [2.75, 3.05) is 20.8 Å². The van der Waals surface area contributed by atoms with Crippen molar-refractivity contribution in [1.29, 1.82) is 0 Å². The highest BCUT2D eigenvalue weighted by molar-refractivity contribution is 5.31. The molecule has 3 heteroatoms. The highest BCUT2D eigenvalue weighted by Gasteiger charge is 2.23. The minimum absolute atomic E-state index is 0.0189. The third-order valence-corrected chi connectivity index (χ3v) is 3.56. The molecule has 0 fully saturated rings. The fourth-order valence-electron chi connectivity index (χ4n) is 2.51. The molecular formula is C18H23NO2. The molecular weight excluding hydrogens is 262 g/mol. The van der Waals surface area contributed by atoms with E-state index in [2.05, 4.69) is 29.6 Å². The maximum Gasteiger partial charge on any atom is 0.118 e. The molecule has 0 saturated heterocycles. The monoisotopic (exact) mass is 285 g/mol. The molecule has 0 aliphatic heterocycles. The van der Waals surface area contributed by atoms with Gasteiger partial charge in [-0.05, 0) is 37.2 Å². The molecule has 112 valence electrons. The minimum atomic E-state index is -0.0189. The molecule has 3 nitrogen and oxygen atoms in total. The van der Waals surface area contributed by atoms with Crippen LogP contribution >= 0.6 is 0 Å². The fraction of sp³-hybridized carbons (Fsp3) is 0.333. The molecule has 0 heterocycles. The van der Waals surface area contributed by atoms with Crippen LogP contribution in [0, 0.1) is 0 Å². The smallest absolute Gasteiger partial charge is 0.118 e. The molecule has 0 bridgehead atoms. The number of nitrogens with one attached hydrogen (secondary N) is 1. The van der Waals surface area contributed by atoms with Gasteiger partial charge in [0.1, 0.15) is 11.9 Å². The van der Waals surface area contributed by atoms with E-state index in [0.29, 0.717) is 6.61 Å². The van der Waals surface area contributed by atoms with Gasteiger partial charge in [0.2, 0.25) is 0 Å². The molecule has 0 radical (unpaired) electrons. The molecule has 2 aromatic rings. The van der Waals surface area contributed by atoms with Crippen LogP contribution in [0.15, 0.2) is 54.6 Å². The zero-order chi connectivity index (χ0) is 15.1. The summed E-state index contributed by atoms with van der Waals surface area (Å²) < 4.78 is 11.2. The van der Waals surface area contributed by atoms with E-state index in [1.807, 2.05) is 44.3 Å². The number of likely N-dealkylation sites (N-methyl/N-ethyl adjacent to an activating group) is 1. The van der Waals surface area contributed by atoms with Crippen LogP contribution in [0.5, 0.6) is 5.75 Å². The summed E-state index contributed by atoms with van der Waals surface area (Å²) in [6.45, 7) is 2.70. The fourth-order valence-corrected chi connectivity index (χ4v) is 2.51. The van der Waals surface area contributed by atoms with Gasteiger partial charge in [-0.15, -0.1) is 0 Å². The standard InChI is InChI=1S/C18H23NO2/c1-4-21-18(15-8-6-5-7-9-15)17(19-2)14-10-12-16(20-3)13-11-14/h5-13,17-19H,4H2,1-3H3. The van der Waals surface area contributed by atoms with Gasteiger partial charge in [-0.3, -0.25) is 0 Å². The lowest BCUT2D eigenvalue weighted by Crippen LogP contribution is -2.26. The Morgan fingerprint density at radius 3 is 2.14 bits per heavy atom. The van der Waals surface area contributed by atoms with Crippen molar-refractivity contribution >= 4 is 0 Å². The molecule has 0 aliphatic rings. The van der Waals surface area contributed by atoms with Gasteiger partial charge in [0.25, 0.3) is 0 Å². The molecule has 1 N–H and O–H groups in total. The Hall–Kier alpha value is -1.84. The Morgan fingerprint density at radius 1 is 0.952 bits per heavy atom. The lowest BCUT2D eigenvalue weighted by molar-refractivity contribution is 0.0347. The zero-order valence-corrected chi connectivity index (χ0v) is 12.9. The molecule has 0 aliphatic carbocycles. The summed E-state index contributed by atoms with van der Waals surface area (Å²) in [4.78, 5) is 0. The Kier molecular flexibility index (Phi) is 5.78. The van der Waals surface area contributed by atoms with Gasteiger partial charge >= 0.3 is 0 Å². The summed E-state index contributed by atoms with van der Waals surface area (Å²) in [7, 11) is 3.64. The molecule has 0 amide bonds. The lowest BCUT2D eigenvalue weighted by Gasteiger charge is -2.27. The molecule has 21 heavy (non-hydrogen) atoms. The van der Waals surface area contributed by atoms with Crippen molar-refractivity contribution in [3.05, 3.63) is 65.7 Å². The van der Waals surface area contributed by atoms with E-state index in [-0.39, 0.29) is 12.1 Å². The third-order valence-electron chi connectivity index (χ3n) is 3.56. The van der Waals surface area contributed by atoms with E-state index in [9.17, 15) is 0 Å². The number of ether oxygens (including phenoxy) is 2. The van der Waals surface area contributed by atoms with Gasteiger partial charge < -0.3 is 14.8 Å². The minimum Gasteiger partial charge on any atom is -0.497 e. The Bertz CT molecular complexity index is 525. The second-order valence-corrected chi connectivity index (χ2v) is 4.83. The van der Waals surface area contributed by atoms with Gasteiger partial charge in [-0.2, -0.15) is 0 Å². The second-order valence-electron chi connectivity index (χ2n) is 4.83. The Labute approximate surface area is 126 Å². The third kappa shape index (κ3) is 3.84. The molecule has 2 rings (SSSR count). The topological polar surface area (TPSA) is 30.5 Å². The maximum atomic E-state index is 6.00. The van der Waals surface area contributed by atoms with E-state index < -0.39 is 0 Å². The first-order valence-electron chi connectivity index (χ1n) is 7.28. The number of methoxy groups -OCH3 is 1. The van der Waals surface area contributed by atoms with Crippen LogP contribution < -0.4 is 10.1 Å². The van der Waals surface area contributed by atoms with Crippen molar-refractivity contribution in [1.82, 2.24) is 5.32 Å². The van der Waals surface area contributed by atoms with Crippen molar-refractivity contribution in [2.24, 2.45) is 0 Å². The predicted molar refractivity (Wildman–Crippen MR) is 85.6 cm³/mol. The van der Waals surface area contributed by atoms with E-state index in [1.165, 1.54) is 11.1 Å². The van der Waals surface area contributed by atoms with Gasteiger partial charge in [0.05, 0.1) is 13.2 Å². The molecule has 2 unspecified atom stereocenters. The van der Waals surface area contributed by atoms with Crippen LogP contribution in [-0.4, -0.2) is 20.8 Å². The Morgan fingerprint density at radius 2 is 1.62 bits per heavy atom. The van der Waals surface area contributed by atoms with E-state index >= 15 is 0 Å². The van der Waals surface area contributed by atoms with Crippen LogP contribution in [0.2, 0.25) is 0 Å². The zero-order valence-electron chi connectivity index (χ0n) is 12.9.